The number of nitrogens with zero attached hydrogens (tertiary/aromatic N) is 1. The zero-order valence-electron chi connectivity index (χ0n) is 11.0. The molecule has 0 spiro atoms. The molecule has 1 heterocycles. The lowest BCUT2D eigenvalue weighted by Crippen LogP contribution is -2.33. The standard InChI is InChI=1S/C14H18N2O2/c1-8-4-5-9(2)12-11(8)13(17)16(14(12)18)7-6-10(3)15/h4-5,10H,6-7,15H2,1-3H3. The first kappa shape index (κ1) is 12.8. The van der Waals surface area contributed by atoms with E-state index in [0.29, 0.717) is 24.1 Å². The molecule has 2 amide bonds. The Balaban J connectivity index is 2.38. The Labute approximate surface area is 107 Å². The van der Waals surface area contributed by atoms with Crippen LogP contribution in [0.3, 0.4) is 0 Å². The molecule has 1 aliphatic heterocycles. The minimum Gasteiger partial charge on any atom is -0.328 e. The van der Waals surface area contributed by atoms with Crippen LogP contribution in [0, 0.1) is 13.8 Å². The average Bonchev–Trinajstić information content (AvgIpc) is 2.55. The molecule has 1 aromatic carbocycles. The summed E-state index contributed by atoms with van der Waals surface area (Å²) in [7, 11) is 0. The third kappa shape index (κ3) is 1.93. The molecule has 2 rings (SSSR count). The van der Waals surface area contributed by atoms with E-state index < -0.39 is 0 Å². The van der Waals surface area contributed by atoms with Crippen LogP contribution < -0.4 is 5.73 Å². The van der Waals surface area contributed by atoms with Crippen molar-refractivity contribution >= 4 is 11.8 Å². The minimum atomic E-state index is -0.183. The SMILES string of the molecule is Cc1ccc(C)c2c1C(=O)N(CCC(C)N)C2=O. The molecule has 1 aromatic rings. The highest BCUT2D eigenvalue weighted by molar-refractivity contribution is 6.22. The molecule has 0 saturated carbocycles. The second-order valence-electron chi connectivity index (χ2n) is 4.98. The number of imide groups is 1. The lowest BCUT2D eigenvalue weighted by molar-refractivity contribution is 0.0650. The zero-order valence-corrected chi connectivity index (χ0v) is 11.0. The van der Waals surface area contributed by atoms with Gasteiger partial charge in [0.25, 0.3) is 11.8 Å². The minimum absolute atomic E-state index is 0.0171. The monoisotopic (exact) mass is 246 g/mol. The van der Waals surface area contributed by atoms with Crippen molar-refractivity contribution in [1.29, 1.82) is 0 Å². The summed E-state index contributed by atoms with van der Waals surface area (Å²) in [6.45, 7) is 5.98. The fourth-order valence-electron chi connectivity index (χ4n) is 2.26. The third-order valence-electron chi connectivity index (χ3n) is 3.35. The number of rotatable bonds is 3. The summed E-state index contributed by atoms with van der Waals surface area (Å²) in [4.78, 5) is 25.8. The molecule has 1 unspecified atom stereocenters. The van der Waals surface area contributed by atoms with Crippen molar-refractivity contribution in [2.45, 2.75) is 33.2 Å². The van der Waals surface area contributed by atoms with Gasteiger partial charge in [0.15, 0.2) is 0 Å². The van der Waals surface area contributed by atoms with E-state index in [2.05, 4.69) is 0 Å². The van der Waals surface area contributed by atoms with Crippen molar-refractivity contribution in [3.05, 3.63) is 34.4 Å². The molecular weight excluding hydrogens is 228 g/mol. The molecule has 0 radical (unpaired) electrons. The van der Waals surface area contributed by atoms with Gasteiger partial charge in [0.2, 0.25) is 0 Å². The molecule has 2 N–H and O–H groups in total. The van der Waals surface area contributed by atoms with Gasteiger partial charge in [0.05, 0.1) is 11.1 Å². The molecule has 0 bridgehead atoms. The maximum absolute atomic E-state index is 12.3. The summed E-state index contributed by atoms with van der Waals surface area (Å²) < 4.78 is 0. The van der Waals surface area contributed by atoms with Gasteiger partial charge in [0.1, 0.15) is 0 Å². The van der Waals surface area contributed by atoms with E-state index in [0.717, 1.165) is 11.1 Å². The third-order valence-corrected chi connectivity index (χ3v) is 3.35. The summed E-state index contributed by atoms with van der Waals surface area (Å²) in [6.07, 6.45) is 0.629. The lowest BCUT2D eigenvalue weighted by Gasteiger charge is -2.15. The van der Waals surface area contributed by atoms with Crippen molar-refractivity contribution in [3.63, 3.8) is 0 Å². The van der Waals surface area contributed by atoms with Crippen LogP contribution in [-0.2, 0) is 0 Å². The first-order valence-electron chi connectivity index (χ1n) is 6.15. The van der Waals surface area contributed by atoms with Crippen molar-refractivity contribution in [3.8, 4) is 0 Å². The Morgan fingerprint density at radius 1 is 1.11 bits per heavy atom. The highest BCUT2D eigenvalue weighted by Gasteiger charge is 2.37. The van der Waals surface area contributed by atoms with Gasteiger partial charge in [-0.05, 0) is 38.3 Å². The number of fused-ring (bicyclic) bond motifs is 1. The fourth-order valence-corrected chi connectivity index (χ4v) is 2.26. The molecule has 4 heteroatoms. The number of benzene rings is 1. The van der Waals surface area contributed by atoms with E-state index in [1.165, 1.54) is 4.90 Å². The van der Waals surface area contributed by atoms with E-state index >= 15 is 0 Å². The largest absolute Gasteiger partial charge is 0.328 e. The number of aryl methyl sites for hydroxylation is 2. The highest BCUT2D eigenvalue weighted by atomic mass is 16.2. The summed E-state index contributed by atoms with van der Waals surface area (Å²) in [5.74, 6) is -0.367. The van der Waals surface area contributed by atoms with E-state index in [1.807, 2.05) is 32.9 Å². The quantitative estimate of drug-likeness (QED) is 0.825. The first-order chi connectivity index (χ1) is 8.43. The Kier molecular flexibility index (Phi) is 3.22. The molecular formula is C14H18N2O2. The number of hydrogen-bond acceptors (Lipinski definition) is 3. The Hall–Kier alpha value is -1.68. The summed E-state index contributed by atoms with van der Waals surface area (Å²) in [5.41, 5.74) is 8.51. The number of nitrogens with two attached hydrogens (primary N) is 1. The van der Waals surface area contributed by atoms with E-state index in [1.54, 1.807) is 0 Å². The summed E-state index contributed by atoms with van der Waals surface area (Å²) in [5, 5.41) is 0. The van der Waals surface area contributed by atoms with Crippen LogP contribution in [-0.4, -0.2) is 29.3 Å². The number of hydrogen-bond donors (Lipinski definition) is 1. The summed E-state index contributed by atoms with van der Waals surface area (Å²) in [6, 6.07) is 3.75. The molecule has 1 atom stereocenters. The van der Waals surface area contributed by atoms with Gasteiger partial charge in [-0.2, -0.15) is 0 Å². The zero-order chi connectivity index (χ0) is 13.4. The number of carbonyl (C=O) groups excluding carboxylic acids is 2. The Morgan fingerprint density at radius 2 is 1.56 bits per heavy atom. The van der Waals surface area contributed by atoms with Gasteiger partial charge < -0.3 is 5.73 Å². The Bertz CT molecular complexity index is 480. The Morgan fingerprint density at radius 3 is 1.94 bits per heavy atom. The van der Waals surface area contributed by atoms with Gasteiger partial charge in [0, 0.05) is 12.6 Å². The second-order valence-corrected chi connectivity index (χ2v) is 4.98. The maximum Gasteiger partial charge on any atom is 0.261 e. The summed E-state index contributed by atoms with van der Waals surface area (Å²) >= 11 is 0. The topological polar surface area (TPSA) is 63.4 Å². The van der Waals surface area contributed by atoms with Crippen LogP contribution in [0.5, 0.6) is 0 Å². The van der Waals surface area contributed by atoms with Crippen LogP contribution in [0.1, 0.15) is 45.2 Å². The molecule has 4 nitrogen and oxygen atoms in total. The predicted molar refractivity (Wildman–Crippen MR) is 69.5 cm³/mol. The van der Waals surface area contributed by atoms with Gasteiger partial charge in [-0.1, -0.05) is 12.1 Å². The van der Waals surface area contributed by atoms with Crippen LogP contribution in [0.4, 0.5) is 0 Å². The smallest absolute Gasteiger partial charge is 0.261 e. The highest BCUT2D eigenvalue weighted by Crippen LogP contribution is 2.28. The molecule has 0 aliphatic carbocycles. The van der Waals surface area contributed by atoms with Crippen molar-refractivity contribution in [1.82, 2.24) is 4.90 Å². The van der Waals surface area contributed by atoms with Gasteiger partial charge in [-0.15, -0.1) is 0 Å². The average molecular weight is 246 g/mol. The second kappa shape index (κ2) is 4.53. The molecule has 18 heavy (non-hydrogen) atoms. The normalized spacial score (nSPS) is 16.1. The molecule has 0 aromatic heterocycles. The van der Waals surface area contributed by atoms with Crippen LogP contribution in [0.15, 0.2) is 12.1 Å². The molecule has 0 saturated heterocycles. The van der Waals surface area contributed by atoms with Gasteiger partial charge in [-0.25, -0.2) is 0 Å². The van der Waals surface area contributed by atoms with Crippen molar-refractivity contribution in [2.24, 2.45) is 5.73 Å². The van der Waals surface area contributed by atoms with Gasteiger partial charge in [-0.3, -0.25) is 14.5 Å². The van der Waals surface area contributed by atoms with Crippen molar-refractivity contribution < 1.29 is 9.59 Å². The first-order valence-corrected chi connectivity index (χ1v) is 6.15. The van der Waals surface area contributed by atoms with Crippen LogP contribution in [0.25, 0.3) is 0 Å². The maximum atomic E-state index is 12.3. The fraction of sp³-hybridized carbons (Fsp3) is 0.429. The van der Waals surface area contributed by atoms with E-state index in [9.17, 15) is 9.59 Å². The molecule has 0 fully saturated rings. The van der Waals surface area contributed by atoms with E-state index in [4.69, 9.17) is 5.73 Å². The van der Waals surface area contributed by atoms with Crippen molar-refractivity contribution in [2.75, 3.05) is 6.54 Å². The van der Waals surface area contributed by atoms with Gasteiger partial charge >= 0.3 is 0 Å². The molecule has 96 valence electrons. The lowest BCUT2D eigenvalue weighted by atomic mass is 9.99. The molecule has 1 aliphatic rings. The number of amides is 2. The van der Waals surface area contributed by atoms with Crippen LogP contribution >= 0.6 is 0 Å². The van der Waals surface area contributed by atoms with Crippen LogP contribution in [0.2, 0.25) is 0 Å². The van der Waals surface area contributed by atoms with E-state index in [-0.39, 0.29) is 17.9 Å². The predicted octanol–water partition coefficient (Wildman–Crippen LogP) is 1.64. The number of carbonyl (C=O) groups is 2.